The third kappa shape index (κ3) is 3.49. The monoisotopic (exact) mass is 336 g/mol. The van der Waals surface area contributed by atoms with Crippen LogP contribution < -0.4 is 14.8 Å². The first kappa shape index (κ1) is 15.7. The Balaban J connectivity index is 1.40. The first-order valence-corrected chi connectivity index (χ1v) is 8.37. The summed E-state index contributed by atoms with van der Waals surface area (Å²) in [6.45, 7) is 4.04. The maximum absolute atomic E-state index is 5.65. The largest absolute Gasteiger partial charge is 0.486 e. The summed E-state index contributed by atoms with van der Waals surface area (Å²) in [6, 6.07) is 12.2. The summed E-state index contributed by atoms with van der Waals surface area (Å²) in [4.78, 5) is 4.13. The van der Waals surface area contributed by atoms with Crippen LogP contribution in [0.3, 0.4) is 0 Å². The maximum Gasteiger partial charge on any atom is 0.161 e. The van der Waals surface area contributed by atoms with Crippen molar-refractivity contribution in [3.8, 4) is 22.8 Å². The summed E-state index contributed by atoms with van der Waals surface area (Å²) >= 11 is 0. The van der Waals surface area contributed by atoms with Crippen LogP contribution in [0.2, 0.25) is 0 Å². The fourth-order valence-corrected chi connectivity index (χ4v) is 2.82. The Morgan fingerprint density at radius 2 is 2.04 bits per heavy atom. The summed E-state index contributed by atoms with van der Waals surface area (Å²) in [5.41, 5.74) is 4.10. The van der Waals surface area contributed by atoms with Crippen molar-refractivity contribution in [3.63, 3.8) is 0 Å². The van der Waals surface area contributed by atoms with E-state index >= 15 is 0 Å². The van der Waals surface area contributed by atoms with Gasteiger partial charge in [0, 0.05) is 36.2 Å². The minimum atomic E-state index is 0.181. The topological polar surface area (TPSA) is 72.1 Å². The van der Waals surface area contributed by atoms with E-state index in [1.54, 1.807) is 6.20 Å². The number of aromatic nitrogens is 3. The van der Waals surface area contributed by atoms with Gasteiger partial charge in [0.2, 0.25) is 0 Å². The van der Waals surface area contributed by atoms with Gasteiger partial charge in [-0.2, -0.15) is 5.10 Å². The highest BCUT2D eigenvalue weighted by Crippen LogP contribution is 2.32. The Morgan fingerprint density at radius 1 is 1.16 bits per heavy atom. The number of aromatic amines is 1. The molecule has 1 unspecified atom stereocenters. The van der Waals surface area contributed by atoms with E-state index < -0.39 is 0 Å². The minimum absolute atomic E-state index is 0.181. The summed E-state index contributed by atoms with van der Waals surface area (Å²) in [5.74, 6) is 1.63. The number of fused-ring (bicyclic) bond motifs is 1. The van der Waals surface area contributed by atoms with Gasteiger partial charge in [-0.3, -0.25) is 10.1 Å². The number of hydrogen-bond acceptors (Lipinski definition) is 5. The van der Waals surface area contributed by atoms with Gasteiger partial charge >= 0.3 is 0 Å². The minimum Gasteiger partial charge on any atom is -0.486 e. The second-order valence-corrected chi connectivity index (χ2v) is 6.03. The second kappa shape index (κ2) is 6.94. The number of rotatable bonds is 5. The third-order valence-corrected chi connectivity index (χ3v) is 4.25. The highest BCUT2D eigenvalue weighted by Gasteiger charge is 2.14. The molecule has 0 radical (unpaired) electrons. The lowest BCUT2D eigenvalue weighted by Gasteiger charge is -2.21. The van der Waals surface area contributed by atoms with Crippen molar-refractivity contribution >= 4 is 0 Å². The number of nitrogens with zero attached hydrogens (tertiary/aromatic N) is 2. The van der Waals surface area contributed by atoms with Crippen LogP contribution in [0, 0.1) is 0 Å². The van der Waals surface area contributed by atoms with E-state index in [9.17, 15) is 0 Å². The SMILES string of the molecule is CC(NCc1cc(-c2cccnc2)n[nH]1)c1ccc2c(c1)OCCO2. The van der Waals surface area contributed by atoms with Crippen molar-refractivity contribution in [2.24, 2.45) is 0 Å². The molecule has 0 spiro atoms. The maximum atomic E-state index is 5.65. The first-order valence-electron chi connectivity index (χ1n) is 8.37. The average Bonchev–Trinajstić information content (AvgIpc) is 3.15. The lowest BCUT2D eigenvalue weighted by Crippen LogP contribution is -2.19. The number of benzene rings is 1. The molecule has 0 bridgehead atoms. The number of hydrogen-bond donors (Lipinski definition) is 2. The first-order chi connectivity index (χ1) is 12.3. The Kier molecular flexibility index (Phi) is 4.35. The Bertz CT molecular complexity index is 848. The molecule has 0 saturated carbocycles. The molecule has 1 aliphatic heterocycles. The highest BCUT2D eigenvalue weighted by atomic mass is 16.6. The van der Waals surface area contributed by atoms with Crippen LogP contribution in [-0.4, -0.2) is 28.4 Å². The molecule has 3 heterocycles. The van der Waals surface area contributed by atoms with Crippen LogP contribution in [0.5, 0.6) is 11.5 Å². The van der Waals surface area contributed by atoms with Crippen LogP contribution in [0.4, 0.5) is 0 Å². The third-order valence-electron chi connectivity index (χ3n) is 4.25. The second-order valence-electron chi connectivity index (χ2n) is 6.03. The number of H-pyrrole nitrogens is 1. The molecule has 3 aromatic rings. The molecule has 6 heteroatoms. The van der Waals surface area contributed by atoms with Gasteiger partial charge in [0.25, 0.3) is 0 Å². The molecule has 2 aromatic heterocycles. The summed E-state index contributed by atoms with van der Waals surface area (Å²) in [6.07, 6.45) is 3.57. The molecule has 6 nitrogen and oxygen atoms in total. The molecule has 1 aliphatic rings. The predicted octanol–water partition coefficient (Wildman–Crippen LogP) is 3.09. The molecule has 4 rings (SSSR count). The zero-order valence-corrected chi connectivity index (χ0v) is 14.0. The zero-order valence-electron chi connectivity index (χ0n) is 14.0. The molecular formula is C19H20N4O2. The number of ether oxygens (including phenoxy) is 2. The summed E-state index contributed by atoms with van der Waals surface area (Å²) < 4.78 is 11.2. The molecule has 0 aliphatic carbocycles. The Hall–Kier alpha value is -2.86. The summed E-state index contributed by atoms with van der Waals surface area (Å²) in [5, 5.41) is 10.9. The van der Waals surface area contributed by atoms with E-state index in [0.717, 1.165) is 34.0 Å². The van der Waals surface area contributed by atoms with Gasteiger partial charge < -0.3 is 14.8 Å². The Morgan fingerprint density at radius 3 is 2.88 bits per heavy atom. The van der Waals surface area contributed by atoms with Crippen molar-refractivity contribution in [3.05, 3.63) is 60.0 Å². The van der Waals surface area contributed by atoms with Gasteiger partial charge in [-0.15, -0.1) is 0 Å². The average molecular weight is 336 g/mol. The lowest BCUT2D eigenvalue weighted by atomic mass is 10.1. The van der Waals surface area contributed by atoms with Gasteiger partial charge in [-0.1, -0.05) is 6.07 Å². The smallest absolute Gasteiger partial charge is 0.161 e. The normalized spacial score (nSPS) is 14.3. The summed E-state index contributed by atoms with van der Waals surface area (Å²) in [7, 11) is 0. The lowest BCUT2D eigenvalue weighted by molar-refractivity contribution is 0.171. The number of nitrogens with one attached hydrogen (secondary N) is 2. The van der Waals surface area contributed by atoms with Crippen LogP contribution in [-0.2, 0) is 6.54 Å². The van der Waals surface area contributed by atoms with E-state index in [2.05, 4.69) is 33.5 Å². The van der Waals surface area contributed by atoms with Crippen molar-refractivity contribution in [2.75, 3.05) is 13.2 Å². The van der Waals surface area contributed by atoms with Crippen LogP contribution >= 0.6 is 0 Å². The predicted molar refractivity (Wildman–Crippen MR) is 94.5 cm³/mol. The molecule has 0 saturated heterocycles. The molecule has 1 atom stereocenters. The molecule has 25 heavy (non-hydrogen) atoms. The van der Waals surface area contributed by atoms with Gasteiger partial charge in [-0.25, -0.2) is 0 Å². The highest BCUT2D eigenvalue weighted by molar-refractivity contribution is 5.57. The van der Waals surface area contributed by atoms with Crippen LogP contribution in [0.1, 0.15) is 24.2 Å². The fourth-order valence-electron chi connectivity index (χ4n) is 2.82. The van der Waals surface area contributed by atoms with E-state index in [0.29, 0.717) is 19.8 Å². The zero-order chi connectivity index (χ0) is 17.1. The van der Waals surface area contributed by atoms with E-state index in [-0.39, 0.29) is 6.04 Å². The molecule has 1 aromatic carbocycles. The molecule has 128 valence electrons. The molecule has 0 fully saturated rings. The van der Waals surface area contributed by atoms with Gasteiger partial charge in [0.05, 0.1) is 5.69 Å². The quantitative estimate of drug-likeness (QED) is 0.749. The van der Waals surface area contributed by atoms with Gasteiger partial charge in [0.15, 0.2) is 11.5 Å². The van der Waals surface area contributed by atoms with E-state index in [1.807, 2.05) is 36.5 Å². The van der Waals surface area contributed by atoms with Gasteiger partial charge in [-0.05, 0) is 42.8 Å². The van der Waals surface area contributed by atoms with E-state index in [1.165, 1.54) is 0 Å². The van der Waals surface area contributed by atoms with E-state index in [4.69, 9.17) is 9.47 Å². The molecular weight excluding hydrogens is 316 g/mol. The van der Waals surface area contributed by atoms with Crippen LogP contribution in [0.25, 0.3) is 11.3 Å². The van der Waals surface area contributed by atoms with Crippen molar-refractivity contribution in [1.82, 2.24) is 20.5 Å². The standard InChI is InChI=1S/C19H20N4O2/c1-13(14-4-5-18-19(9-14)25-8-7-24-18)21-12-16-10-17(23-22-16)15-3-2-6-20-11-15/h2-6,9-11,13,21H,7-8,12H2,1H3,(H,22,23). The van der Waals surface area contributed by atoms with Crippen molar-refractivity contribution < 1.29 is 9.47 Å². The van der Waals surface area contributed by atoms with Crippen molar-refractivity contribution in [1.29, 1.82) is 0 Å². The molecule has 2 N–H and O–H groups in total. The number of pyridine rings is 1. The van der Waals surface area contributed by atoms with Gasteiger partial charge in [0.1, 0.15) is 13.2 Å². The fraction of sp³-hybridized carbons (Fsp3) is 0.263. The Labute approximate surface area is 146 Å². The van der Waals surface area contributed by atoms with Crippen LogP contribution in [0.15, 0.2) is 48.8 Å². The van der Waals surface area contributed by atoms with Crippen molar-refractivity contribution in [2.45, 2.75) is 19.5 Å². The molecule has 0 amide bonds.